The van der Waals surface area contributed by atoms with Gasteiger partial charge in [-0.2, -0.15) is 0 Å². The predicted molar refractivity (Wildman–Crippen MR) is 73.5 cm³/mol. The number of aliphatic carboxylic acids is 1. The fourth-order valence-corrected chi connectivity index (χ4v) is 2.09. The first kappa shape index (κ1) is 15.3. The van der Waals surface area contributed by atoms with Crippen LogP contribution in [-0.2, 0) is 9.59 Å². The molecule has 1 aliphatic carbocycles. The second-order valence-corrected chi connectivity index (χ2v) is 5.62. The highest BCUT2D eigenvalue weighted by Crippen LogP contribution is 2.30. The Kier molecular flexibility index (Phi) is 4.16. The summed E-state index contributed by atoms with van der Waals surface area (Å²) >= 11 is 0. The van der Waals surface area contributed by atoms with Crippen LogP contribution in [0.1, 0.15) is 26.7 Å². The first-order valence-electron chi connectivity index (χ1n) is 6.77. The van der Waals surface area contributed by atoms with E-state index in [1.165, 1.54) is 29.2 Å². The van der Waals surface area contributed by atoms with Crippen molar-refractivity contribution >= 4 is 11.9 Å². The molecule has 0 atom stereocenters. The maximum absolute atomic E-state index is 12.9. The molecule has 1 saturated carbocycles. The Morgan fingerprint density at radius 1 is 1.33 bits per heavy atom. The number of carboxylic acids is 1. The number of hydrogen-bond donors (Lipinski definition) is 1. The van der Waals surface area contributed by atoms with Gasteiger partial charge >= 0.3 is 5.97 Å². The molecule has 1 amide bonds. The molecule has 2 rings (SSSR count). The van der Waals surface area contributed by atoms with Crippen molar-refractivity contribution in [2.75, 3.05) is 6.54 Å². The SMILES string of the molecule is CC(C)(Oc1ccc(F)cc1)C(=O)N(CC(=O)O)C1CC1. The van der Waals surface area contributed by atoms with Crippen LogP contribution in [0, 0.1) is 5.82 Å². The Bertz CT molecular complexity index is 537. The molecule has 0 radical (unpaired) electrons. The van der Waals surface area contributed by atoms with E-state index in [-0.39, 0.29) is 18.5 Å². The summed E-state index contributed by atoms with van der Waals surface area (Å²) in [6, 6.07) is 5.33. The van der Waals surface area contributed by atoms with Crippen molar-refractivity contribution in [2.24, 2.45) is 0 Å². The lowest BCUT2D eigenvalue weighted by Crippen LogP contribution is -2.51. The minimum atomic E-state index is -1.21. The lowest BCUT2D eigenvalue weighted by atomic mass is 10.1. The van der Waals surface area contributed by atoms with Gasteiger partial charge in [0, 0.05) is 6.04 Å². The maximum atomic E-state index is 12.9. The zero-order valence-electron chi connectivity index (χ0n) is 12.0. The number of nitrogens with zero attached hydrogens (tertiary/aromatic N) is 1. The van der Waals surface area contributed by atoms with Gasteiger partial charge in [-0.05, 0) is 51.0 Å². The second kappa shape index (κ2) is 5.71. The van der Waals surface area contributed by atoms with E-state index >= 15 is 0 Å². The molecule has 1 aromatic carbocycles. The van der Waals surface area contributed by atoms with Gasteiger partial charge in [-0.25, -0.2) is 4.39 Å². The Morgan fingerprint density at radius 3 is 2.38 bits per heavy atom. The topological polar surface area (TPSA) is 66.8 Å². The highest BCUT2D eigenvalue weighted by molar-refractivity contribution is 5.88. The lowest BCUT2D eigenvalue weighted by Gasteiger charge is -2.31. The Hall–Kier alpha value is -2.11. The average Bonchev–Trinajstić information content (AvgIpc) is 3.22. The minimum Gasteiger partial charge on any atom is -0.480 e. The van der Waals surface area contributed by atoms with Gasteiger partial charge in [0.25, 0.3) is 5.91 Å². The summed E-state index contributed by atoms with van der Waals surface area (Å²) < 4.78 is 18.5. The number of benzene rings is 1. The monoisotopic (exact) mass is 295 g/mol. The standard InChI is InChI=1S/C15H18FNO4/c1-15(2,21-12-7-3-10(16)4-8-12)14(20)17(9-13(18)19)11-5-6-11/h3-4,7-8,11H,5-6,9H2,1-2H3,(H,18,19). The number of rotatable bonds is 6. The molecule has 1 aromatic rings. The fourth-order valence-electron chi connectivity index (χ4n) is 2.09. The summed E-state index contributed by atoms with van der Waals surface area (Å²) in [6.07, 6.45) is 1.62. The van der Waals surface area contributed by atoms with E-state index in [1.54, 1.807) is 13.8 Å². The van der Waals surface area contributed by atoms with E-state index in [1.807, 2.05) is 0 Å². The molecule has 114 valence electrons. The Balaban J connectivity index is 2.10. The van der Waals surface area contributed by atoms with E-state index in [0.29, 0.717) is 5.75 Å². The van der Waals surface area contributed by atoms with E-state index in [2.05, 4.69) is 0 Å². The van der Waals surface area contributed by atoms with Gasteiger partial charge < -0.3 is 14.7 Å². The number of carbonyl (C=O) groups excluding carboxylic acids is 1. The van der Waals surface area contributed by atoms with Crippen molar-refractivity contribution < 1.29 is 23.8 Å². The number of hydrogen-bond acceptors (Lipinski definition) is 3. The molecule has 5 nitrogen and oxygen atoms in total. The molecule has 0 unspecified atom stereocenters. The molecule has 0 saturated heterocycles. The third-order valence-electron chi connectivity index (χ3n) is 3.26. The van der Waals surface area contributed by atoms with Crippen molar-refractivity contribution in [1.29, 1.82) is 0 Å². The third kappa shape index (κ3) is 3.93. The minimum absolute atomic E-state index is 0.0234. The normalized spacial score (nSPS) is 14.6. The molecular weight excluding hydrogens is 277 g/mol. The number of halogens is 1. The molecule has 0 aromatic heterocycles. The van der Waals surface area contributed by atoms with Crippen molar-refractivity contribution in [3.05, 3.63) is 30.1 Å². The molecule has 0 bridgehead atoms. The Labute approximate surface area is 122 Å². The van der Waals surface area contributed by atoms with Crippen LogP contribution in [0.5, 0.6) is 5.75 Å². The van der Waals surface area contributed by atoms with Crippen molar-refractivity contribution in [1.82, 2.24) is 4.90 Å². The highest BCUT2D eigenvalue weighted by atomic mass is 19.1. The number of carboxylic acid groups (broad SMARTS) is 1. The molecular formula is C15H18FNO4. The van der Waals surface area contributed by atoms with Crippen LogP contribution in [0.3, 0.4) is 0 Å². The Morgan fingerprint density at radius 2 is 1.90 bits per heavy atom. The molecule has 0 aliphatic heterocycles. The molecule has 1 aliphatic rings. The van der Waals surface area contributed by atoms with Gasteiger partial charge in [-0.3, -0.25) is 9.59 Å². The lowest BCUT2D eigenvalue weighted by molar-refractivity contribution is -0.152. The maximum Gasteiger partial charge on any atom is 0.323 e. The van der Waals surface area contributed by atoms with Crippen LogP contribution in [0.15, 0.2) is 24.3 Å². The van der Waals surface area contributed by atoms with Gasteiger partial charge in [0.05, 0.1) is 0 Å². The van der Waals surface area contributed by atoms with Crippen LogP contribution in [0.25, 0.3) is 0 Å². The van der Waals surface area contributed by atoms with E-state index in [0.717, 1.165) is 12.8 Å². The molecule has 0 heterocycles. The predicted octanol–water partition coefficient (Wildman–Crippen LogP) is 2.06. The fraction of sp³-hybridized carbons (Fsp3) is 0.467. The van der Waals surface area contributed by atoms with Gasteiger partial charge in [-0.15, -0.1) is 0 Å². The van der Waals surface area contributed by atoms with E-state index in [4.69, 9.17) is 9.84 Å². The zero-order valence-corrected chi connectivity index (χ0v) is 12.0. The molecule has 21 heavy (non-hydrogen) atoms. The van der Waals surface area contributed by atoms with Gasteiger partial charge in [-0.1, -0.05) is 0 Å². The van der Waals surface area contributed by atoms with Crippen LogP contribution < -0.4 is 4.74 Å². The summed E-state index contributed by atoms with van der Waals surface area (Å²) in [5.74, 6) is -1.46. The van der Waals surface area contributed by atoms with Crippen molar-refractivity contribution in [3.63, 3.8) is 0 Å². The van der Waals surface area contributed by atoms with E-state index in [9.17, 15) is 14.0 Å². The van der Waals surface area contributed by atoms with Crippen molar-refractivity contribution in [2.45, 2.75) is 38.3 Å². The molecule has 0 spiro atoms. The van der Waals surface area contributed by atoms with Gasteiger partial charge in [0.2, 0.25) is 0 Å². The first-order valence-corrected chi connectivity index (χ1v) is 6.77. The molecule has 1 N–H and O–H groups in total. The summed E-state index contributed by atoms with van der Waals surface area (Å²) in [5.41, 5.74) is -1.21. The molecule has 1 fully saturated rings. The third-order valence-corrected chi connectivity index (χ3v) is 3.26. The van der Waals surface area contributed by atoms with Crippen LogP contribution >= 0.6 is 0 Å². The van der Waals surface area contributed by atoms with E-state index < -0.39 is 17.4 Å². The average molecular weight is 295 g/mol. The van der Waals surface area contributed by atoms with Gasteiger partial charge in [0.15, 0.2) is 5.60 Å². The molecule has 6 heteroatoms. The van der Waals surface area contributed by atoms with Crippen LogP contribution in [0.2, 0.25) is 0 Å². The van der Waals surface area contributed by atoms with Gasteiger partial charge in [0.1, 0.15) is 18.1 Å². The summed E-state index contributed by atoms with van der Waals surface area (Å²) in [4.78, 5) is 24.7. The second-order valence-electron chi connectivity index (χ2n) is 5.62. The quantitative estimate of drug-likeness (QED) is 0.872. The van der Waals surface area contributed by atoms with Crippen LogP contribution in [0.4, 0.5) is 4.39 Å². The van der Waals surface area contributed by atoms with Crippen molar-refractivity contribution in [3.8, 4) is 5.75 Å². The summed E-state index contributed by atoms with van der Waals surface area (Å²) in [5, 5.41) is 8.92. The highest BCUT2D eigenvalue weighted by Gasteiger charge is 2.41. The zero-order chi connectivity index (χ0) is 15.6. The summed E-state index contributed by atoms with van der Waals surface area (Å²) in [7, 11) is 0. The number of ether oxygens (including phenoxy) is 1. The number of carbonyl (C=O) groups is 2. The van der Waals surface area contributed by atoms with Crippen LogP contribution in [-0.4, -0.2) is 40.1 Å². The smallest absolute Gasteiger partial charge is 0.323 e. The largest absolute Gasteiger partial charge is 0.480 e. The summed E-state index contributed by atoms with van der Waals surface area (Å²) in [6.45, 7) is 2.82. The number of amides is 1. The first-order chi connectivity index (χ1) is 9.79.